The van der Waals surface area contributed by atoms with Crippen molar-refractivity contribution in [3.63, 3.8) is 0 Å². The van der Waals surface area contributed by atoms with E-state index in [0.29, 0.717) is 19.3 Å². The monoisotopic (exact) mass is 470 g/mol. The number of halogens is 10. The van der Waals surface area contributed by atoms with Gasteiger partial charge in [-0.1, -0.05) is 26.7 Å². The van der Waals surface area contributed by atoms with Gasteiger partial charge in [0.25, 0.3) is 0 Å². The Morgan fingerprint density at radius 3 is 1.74 bits per heavy atom. The lowest BCUT2D eigenvalue weighted by Gasteiger charge is -2.32. The highest BCUT2D eigenvalue weighted by Crippen LogP contribution is 2.54. The molecule has 10 heteroatoms. The lowest BCUT2D eigenvalue weighted by atomic mass is 9.96. The molecule has 0 saturated heterocycles. The molecule has 0 saturated carbocycles. The third kappa shape index (κ3) is 4.91. The lowest BCUT2D eigenvalue weighted by Crippen LogP contribution is -2.60. The van der Waals surface area contributed by atoms with Gasteiger partial charge in [-0.3, -0.25) is 0 Å². The van der Waals surface area contributed by atoms with Crippen LogP contribution in [-0.2, 0) is 0 Å². The number of hydrogen-bond donors (Lipinski definition) is 0. The van der Waals surface area contributed by atoms with Gasteiger partial charge in [0.1, 0.15) is 0 Å². The van der Waals surface area contributed by atoms with E-state index in [1.54, 1.807) is 13.8 Å². The molecule has 23 heavy (non-hydrogen) atoms. The van der Waals surface area contributed by atoms with Crippen molar-refractivity contribution in [2.24, 2.45) is 5.92 Å². The smallest absolute Gasteiger partial charge is 0.195 e. The molecule has 0 heterocycles. The summed E-state index contributed by atoms with van der Waals surface area (Å²) in [6, 6.07) is 0. The summed E-state index contributed by atoms with van der Waals surface area (Å²) in [4.78, 5) is 0. The molecule has 0 aliphatic carbocycles. The Labute approximate surface area is 141 Å². The van der Waals surface area contributed by atoms with E-state index < -0.39 is 35.9 Å². The maximum absolute atomic E-state index is 13.5. The van der Waals surface area contributed by atoms with Gasteiger partial charge >= 0.3 is 23.9 Å². The van der Waals surface area contributed by atoms with Crippen LogP contribution in [0.5, 0.6) is 0 Å². The van der Waals surface area contributed by atoms with Crippen LogP contribution in [0.1, 0.15) is 39.5 Å². The number of allylic oxidation sites excluding steroid dienone is 2. The molecule has 1 atom stereocenters. The third-order valence-corrected chi connectivity index (χ3v) is 4.47. The van der Waals surface area contributed by atoms with Crippen molar-refractivity contribution in [1.82, 2.24) is 0 Å². The van der Waals surface area contributed by atoms with Gasteiger partial charge in [-0.2, -0.15) is 39.5 Å². The summed E-state index contributed by atoms with van der Waals surface area (Å²) in [5.74, 6) is -19.7. The van der Waals surface area contributed by atoms with Crippen LogP contribution in [0.25, 0.3) is 0 Å². The van der Waals surface area contributed by atoms with Crippen LogP contribution in [0.4, 0.5) is 39.5 Å². The Hall–Kier alpha value is -0.160. The minimum Gasteiger partial charge on any atom is -0.195 e. The quantitative estimate of drug-likeness (QED) is 0.265. The minimum atomic E-state index is -6.85. The summed E-state index contributed by atoms with van der Waals surface area (Å²) in [6.07, 6.45) is -5.37. The highest BCUT2D eigenvalue weighted by molar-refractivity contribution is 14.1. The van der Waals surface area contributed by atoms with E-state index >= 15 is 0 Å². The first-order chi connectivity index (χ1) is 10.2. The maximum atomic E-state index is 13.5. The van der Waals surface area contributed by atoms with Crippen molar-refractivity contribution in [3.8, 4) is 0 Å². The standard InChI is InChI=1S/C13H16F9I/c1-3-5-6-8(4-2)9(23)7-10(14,15)11(16,17)12(18,19)13(20,21)22/h7-8H,3-6H2,1-2H3/b9-7+. The Bertz CT molecular complexity index is 412. The first-order valence-corrected chi connectivity index (χ1v) is 7.82. The summed E-state index contributed by atoms with van der Waals surface area (Å²) in [5, 5.41) is 0. The van der Waals surface area contributed by atoms with Crippen LogP contribution in [0.2, 0.25) is 0 Å². The molecule has 138 valence electrons. The zero-order valence-corrected chi connectivity index (χ0v) is 14.4. The Morgan fingerprint density at radius 2 is 1.39 bits per heavy atom. The van der Waals surface area contributed by atoms with Crippen molar-refractivity contribution in [2.75, 3.05) is 0 Å². The van der Waals surface area contributed by atoms with Crippen molar-refractivity contribution < 1.29 is 39.5 Å². The van der Waals surface area contributed by atoms with Crippen molar-refractivity contribution in [1.29, 1.82) is 0 Å². The van der Waals surface area contributed by atoms with E-state index in [9.17, 15) is 39.5 Å². The minimum absolute atomic E-state index is 0.270. The number of unbranched alkanes of at least 4 members (excludes halogenated alkanes) is 1. The van der Waals surface area contributed by atoms with Crippen LogP contribution < -0.4 is 0 Å². The molecule has 0 spiro atoms. The second-order valence-electron chi connectivity index (χ2n) is 5.05. The topological polar surface area (TPSA) is 0 Å². The molecule has 0 radical (unpaired) electrons. The average molecular weight is 470 g/mol. The first kappa shape index (κ1) is 22.8. The fourth-order valence-corrected chi connectivity index (χ4v) is 2.90. The molecule has 0 amide bonds. The summed E-state index contributed by atoms with van der Waals surface area (Å²) in [6.45, 7) is 3.38. The fraction of sp³-hybridized carbons (Fsp3) is 0.846. The van der Waals surface area contributed by atoms with Gasteiger partial charge in [0.2, 0.25) is 0 Å². The molecular formula is C13H16F9I. The van der Waals surface area contributed by atoms with Crippen molar-refractivity contribution >= 4 is 22.6 Å². The molecule has 0 bridgehead atoms. The van der Waals surface area contributed by atoms with Crippen LogP contribution >= 0.6 is 22.6 Å². The molecule has 0 aromatic heterocycles. The molecule has 0 aromatic rings. The predicted octanol–water partition coefficient (Wildman–Crippen LogP) is 6.99. The van der Waals surface area contributed by atoms with Gasteiger partial charge in [-0.15, -0.1) is 0 Å². The summed E-state index contributed by atoms with van der Waals surface area (Å²) in [7, 11) is 0. The van der Waals surface area contributed by atoms with E-state index in [0.717, 1.165) is 0 Å². The molecule has 1 unspecified atom stereocenters. The largest absolute Gasteiger partial charge is 0.460 e. The van der Waals surface area contributed by atoms with E-state index in [1.807, 2.05) is 0 Å². The van der Waals surface area contributed by atoms with Crippen molar-refractivity contribution in [2.45, 2.75) is 63.5 Å². The molecule has 0 fully saturated rings. The van der Waals surface area contributed by atoms with Crippen molar-refractivity contribution in [3.05, 3.63) is 9.66 Å². The van der Waals surface area contributed by atoms with Crippen LogP contribution in [0.15, 0.2) is 9.66 Å². The highest BCUT2D eigenvalue weighted by atomic mass is 127. The van der Waals surface area contributed by atoms with E-state index in [1.165, 1.54) is 22.6 Å². The van der Waals surface area contributed by atoms with Gasteiger partial charge in [0.05, 0.1) is 0 Å². The van der Waals surface area contributed by atoms with Gasteiger partial charge in [0, 0.05) is 6.08 Å². The SMILES string of the molecule is CCCCC(CC)/C(I)=C\C(F)(F)C(F)(F)C(F)(F)C(F)(F)F. The van der Waals surface area contributed by atoms with Gasteiger partial charge in [-0.25, -0.2) is 0 Å². The second kappa shape index (κ2) is 7.81. The molecule has 0 N–H and O–H groups in total. The molecule has 0 aliphatic rings. The molecule has 0 aromatic carbocycles. The average Bonchev–Trinajstić information content (AvgIpc) is 2.37. The van der Waals surface area contributed by atoms with Gasteiger partial charge in [0.15, 0.2) is 0 Å². The first-order valence-electron chi connectivity index (χ1n) is 6.74. The van der Waals surface area contributed by atoms with E-state index in [2.05, 4.69) is 0 Å². The van der Waals surface area contributed by atoms with E-state index in [4.69, 9.17) is 0 Å². The van der Waals surface area contributed by atoms with Gasteiger partial charge in [-0.05, 0) is 44.9 Å². The normalized spacial score (nSPS) is 16.6. The van der Waals surface area contributed by atoms with Crippen LogP contribution in [-0.4, -0.2) is 23.9 Å². The highest BCUT2D eigenvalue weighted by Gasteiger charge is 2.81. The molecular weight excluding hydrogens is 454 g/mol. The van der Waals surface area contributed by atoms with Gasteiger partial charge < -0.3 is 0 Å². The number of hydrogen-bond acceptors (Lipinski definition) is 0. The predicted molar refractivity (Wildman–Crippen MR) is 76.3 cm³/mol. The van der Waals surface area contributed by atoms with E-state index in [-0.39, 0.29) is 10.0 Å². The van der Waals surface area contributed by atoms with Crippen LogP contribution in [0.3, 0.4) is 0 Å². The maximum Gasteiger partial charge on any atom is 0.460 e. The lowest BCUT2D eigenvalue weighted by molar-refractivity contribution is -0.388. The molecule has 0 nitrogen and oxygen atoms in total. The second-order valence-corrected chi connectivity index (χ2v) is 6.29. The summed E-state index contributed by atoms with van der Waals surface area (Å²) >= 11 is 1.28. The third-order valence-electron chi connectivity index (χ3n) is 3.28. The molecule has 0 rings (SSSR count). The number of alkyl halides is 9. The Morgan fingerprint density at radius 1 is 0.913 bits per heavy atom. The summed E-state index contributed by atoms with van der Waals surface area (Å²) < 4.78 is 114. The fourth-order valence-electron chi connectivity index (χ4n) is 1.76. The number of rotatable bonds is 8. The zero-order valence-electron chi connectivity index (χ0n) is 12.3. The Balaban J connectivity index is 5.64. The van der Waals surface area contributed by atoms with Crippen LogP contribution in [0, 0.1) is 5.92 Å². The zero-order chi connectivity index (χ0) is 18.7. The summed E-state index contributed by atoms with van der Waals surface area (Å²) in [5.41, 5.74) is 0. The molecule has 0 aliphatic heterocycles. The Kier molecular flexibility index (Phi) is 7.76.